The van der Waals surface area contributed by atoms with Gasteiger partial charge in [0.25, 0.3) is 0 Å². The lowest BCUT2D eigenvalue weighted by Crippen LogP contribution is -2.41. The first-order chi connectivity index (χ1) is 9.88. The van der Waals surface area contributed by atoms with Gasteiger partial charge in [-0.15, -0.1) is 0 Å². The predicted octanol–water partition coefficient (Wildman–Crippen LogP) is 0.695. The number of hydrogen-bond donors (Lipinski definition) is 3. The van der Waals surface area contributed by atoms with Crippen LogP contribution in [0.5, 0.6) is 0 Å². The van der Waals surface area contributed by atoms with Crippen LogP contribution in [0.4, 0.5) is 4.39 Å². The van der Waals surface area contributed by atoms with Crippen molar-refractivity contribution in [2.75, 3.05) is 19.6 Å². The van der Waals surface area contributed by atoms with Crippen molar-refractivity contribution in [1.29, 1.82) is 0 Å². The highest BCUT2D eigenvalue weighted by Crippen LogP contribution is 2.18. The molecule has 0 bridgehead atoms. The van der Waals surface area contributed by atoms with E-state index in [4.69, 9.17) is 11.6 Å². The number of halogens is 2. The Labute approximate surface area is 127 Å². The van der Waals surface area contributed by atoms with Gasteiger partial charge < -0.3 is 10.6 Å². The lowest BCUT2D eigenvalue weighted by molar-refractivity contribution is 0.556. The molecule has 0 spiro atoms. The summed E-state index contributed by atoms with van der Waals surface area (Å²) in [6, 6.07) is 3.70. The summed E-state index contributed by atoms with van der Waals surface area (Å²) in [5.74, 6) is -0.238. The second-order valence-electron chi connectivity index (χ2n) is 4.63. The topological polar surface area (TPSA) is 82.6 Å². The Kier molecular flexibility index (Phi) is 5.02. The Morgan fingerprint density at radius 3 is 2.86 bits per heavy atom. The van der Waals surface area contributed by atoms with E-state index in [0.717, 1.165) is 12.1 Å². The van der Waals surface area contributed by atoms with E-state index in [0.29, 0.717) is 19.0 Å². The predicted molar refractivity (Wildman–Crippen MR) is 79.5 cm³/mol. The van der Waals surface area contributed by atoms with Crippen LogP contribution in [0.25, 0.3) is 0 Å². The largest absolute Gasteiger partial charge is 0.355 e. The quantitative estimate of drug-likeness (QED) is 0.692. The zero-order valence-corrected chi connectivity index (χ0v) is 12.9. The number of guanidine groups is 1. The third kappa shape index (κ3) is 4.29. The Balaban J connectivity index is 1.87. The lowest BCUT2D eigenvalue weighted by atomic mass is 10.3. The Morgan fingerprint density at radius 2 is 2.24 bits per heavy atom. The molecular weight excluding hydrogens is 319 g/mol. The standard InChI is InChI=1S/C12H16ClFN4O2S/c1-8-7-16-12(18-8)15-4-5-17-21(19,20)11-3-2-9(13)6-10(11)14/h2-3,6,8,17H,4-5,7H2,1H3,(H2,15,16,18). The number of benzene rings is 1. The highest BCUT2D eigenvalue weighted by atomic mass is 35.5. The normalized spacial score (nSPS) is 18.2. The Morgan fingerprint density at radius 1 is 1.48 bits per heavy atom. The van der Waals surface area contributed by atoms with Crippen molar-refractivity contribution in [2.45, 2.75) is 17.9 Å². The maximum atomic E-state index is 13.6. The van der Waals surface area contributed by atoms with Gasteiger partial charge >= 0.3 is 0 Å². The van der Waals surface area contributed by atoms with Crippen LogP contribution in [0.3, 0.4) is 0 Å². The molecule has 3 N–H and O–H groups in total. The van der Waals surface area contributed by atoms with Crippen LogP contribution in [-0.4, -0.2) is 40.1 Å². The van der Waals surface area contributed by atoms with E-state index in [2.05, 4.69) is 20.3 Å². The fourth-order valence-electron chi connectivity index (χ4n) is 1.80. The van der Waals surface area contributed by atoms with Crippen molar-refractivity contribution >= 4 is 27.6 Å². The van der Waals surface area contributed by atoms with Gasteiger partial charge in [0.2, 0.25) is 10.0 Å². The second kappa shape index (κ2) is 6.59. The first-order valence-electron chi connectivity index (χ1n) is 6.38. The molecule has 0 radical (unpaired) electrons. The minimum Gasteiger partial charge on any atom is -0.355 e. The molecule has 0 fully saturated rings. The summed E-state index contributed by atoms with van der Waals surface area (Å²) in [6.45, 7) is 3.13. The molecule has 0 amide bonds. The molecule has 9 heteroatoms. The highest BCUT2D eigenvalue weighted by Gasteiger charge is 2.19. The minimum atomic E-state index is -3.90. The second-order valence-corrected chi connectivity index (χ2v) is 6.81. The van der Waals surface area contributed by atoms with Crippen molar-refractivity contribution in [3.05, 3.63) is 29.0 Å². The van der Waals surface area contributed by atoms with Crippen LogP contribution in [0.1, 0.15) is 6.92 Å². The van der Waals surface area contributed by atoms with Crippen LogP contribution in [0.15, 0.2) is 28.1 Å². The van der Waals surface area contributed by atoms with E-state index in [1.807, 2.05) is 6.92 Å². The number of aliphatic imine (C=N–C) groups is 1. The van der Waals surface area contributed by atoms with Crippen molar-refractivity contribution in [2.24, 2.45) is 4.99 Å². The van der Waals surface area contributed by atoms with Crippen molar-refractivity contribution in [3.8, 4) is 0 Å². The van der Waals surface area contributed by atoms with Crippen LogP contribution in [-0.2, 0) is 10.0 Å². The number of hydrogen-bond acceptors (Lipinski definition) is 5. The fourth-order valence-corrected chi connectivity index (χ4v) is 3.04. The van der Waals surface area contributed by atoms with E-state index in [9.17, 15) is 12.8 Å². The molecule has 1 aliphatic rings. The summed E-state index contributed by atoms with van der Waals surface area (Å²) < 4.78 is 39.8. The van der Waals surface area contributed by atoms with E-state index in [1.165, 1.54) is 6.07 Å². The summed E-state index contributed by atoms with van der Waals surface area (Å²) in [5, 5.41) is 6.19. The van der Waals surface area contributed by atoms with Crippen LogP contribution in [0, 0.1) is 5.82 Å². The van der Waals surface area contributed by atoms with E-state index in [1.54, 1.807) is 0 Å². The van der Waals surface area contributed by atoms with Crippen LogP contribution >= 0.6 is 11.6 Å². The summed E-state index contributed by atoms with van der Waals surface area (Å²) in [7, 11) is -3.90. The zero-order valence-electron chi connectivity index (χ0n) is 11.4. The molecule has 0 saturated carbocycles. The molecule has 1 atom stereocenters. The third-order valence-corrected chi connectivity index (χ3v) is 4.53. The van der Waals surface area contributed by atoms with Crippen molar-refractivity contribution < 1.29 is 12.8 Å². The Bertz CT molecular complexity index is 651. The molecule has 1 aromatic carbocycles. The zero-order chi connectivity index (χ0) is 15.5. The average molecular weight is 335 g/mol. The van der Waals surface area contributed by atoms with Gasteiger partial charge in [-0.1, -0.05) is 11.6 Å². The Hall–Kier alpha value is -1.38. The summed E-state index contributed by atoms with van der Waals surface area (Å²) >= 11 is 5.59. The average Bonchev–Trinajstić information content (AvgIpc) is 2.80. The van der Waals surface area contributed by atoms with E-state index < -0.39 is 20.7 Å². The molecule has 1 aliphatic heterocycles. The van der Waals surface area contributed by atoms with Gasteiger partial charge in [0.1, 0.15) is 10.7 Å². The molecule has 1 heterocycles. The van der Waals surface area contributed by atoms with Crippen molar-refractivity contribution in [3.63, 3.8) is 0 Å². The SMILES string of the molecule is CC1CN=C(NCCNS(=O)(=O)c2ccc(Cl)cc2F)N1. The highest BCUT2D eigenvalue weighted by molar-refractivity contribution is 7.89. The summed E-state index contributed by atoms with van der Waals surface area (Å²) in [4.78, 5) is 3.76. The molecule has 1 unspecified atom stereocenters. The van der Waals surface area contributed by atoms with E-state index in [-0.39, 0.29) is 17.6 Å². The smallest absolute Gasteiger partial charge is 0.243 e. The molecule has 0 aliphatic carbocycles. The summed E-state index contributed by atoms with van der Waals surface area (Å²) in [5.41, 5.74) is 0. The molecule has 0 aromatic heterocycles. The van der Waals surface area contributed by atoms with E-state index >= 15 is 0 Å². The number of nitrogens with one attached hydrogen (secondary N) is 3. The molecule has 6 nitrogen and oxygen atoms in total. The van der Waals surface area contributed by atoms with Gasteiger partial charge in [0.05, 0.1) is 6.54 Å². The third-order valence-electron chi connectivity index (χ3n) is 2.80. The molecule has 116 valence electrons. The number of rotatable bonds is 5. The molecule has 2 rings (SSSR count). The summed E-state index contributed by atoms with van der Waals surface area (Å²) in [6.07, 6.45) is 0. The van der Waals surface area contributed by atoms with Crippen LogP contribution in [0.2, 0.25) is 5.02 Å². The molecule has 1 aromatic rings. The van der Waals surface area contributed by atoms with Gasteiger partial charge in [-0.05, 0) is 25.1 Å². The monoisotopic (exact) mass is 334 g/mol. The molecule has 21 heavy (non-hydrogen) atoms. The maximum absolute atomic E-state index is 13.6. The maximum Gasteiger partial charge on any atom is 0.243 e. The number of nitrogens with zero attached hydrogens (tertiary/aromatic N) is 1. The van der Waals surface area contributed by atoms with Gasteiger partial charge in [-0.2, -0.15) is 0 Å². The first kappa shape index (κ1) is 16.0. The van der Waals surface area contributed by atoms with Gasteiger partial charge in [0, 0.05) is 24.2 Å². The lowest BCUT2D eigenvalue weighted by Gasteiger charge is -2.10. The number of sulfonamides is 1. The van der Waals surface area contributed by atoms with Gasteiger partial charge in [0.15, 0.2) is 5.96 Å². The van der Waals surface area contributed by atoms with Crippen LogP contribution < -0.4 is 15.4 Å². The van der Waals surface area contributed by atoms with Gasteiger partial charge in [-0.3, -0.25) is 4.99 Å². The fraction of sp³-hybridized carbons (Fsp3) is 0.417. The first-order valence-corrected chi connectivity index (χ1v) is 8.24. The molecular formula is C12H16ClFN4O2S. The minimum absolute atomic E-state index is 0.111. The molecule has 0 saturated heterocycles. The van der Waals surface area contributed by atoms with Crippen molar-refractivity contribution in [1.82, 2.24) is 15.4 Å². The van der Waals surface area contributed by atoms with Gasteiger partial charge in [-0.25, -0.2) is 17.5 Å².